The number of hydrogen-bond donors (Lipinski definition) is 1. The number of benzene rings is 1. The third-order valence-electron chi connectivity index (χ3n) is 3.96. The van der Waals surface area contributed by atoms with E-state index in [4.69, 9.17) is 4.74 Å². The second-order valence-electron chi connectivity index (χ2n) is 5.71. The van der Waals surface area contributed by atoms with Crippen LogP contribution in [0.4, 0.5) is 0 Å². The molecule has 0 spiro atoms. The minimum Gasteiger partial charge on any atom is -0.495 e. The van der Waals surface area contributed by atoms with Crippen molar-refractivity contribution in [2.75, 3.05) is 25.2 Å². The summed E-state index contributed by atoms with van der Waals surface area (Å²) in [6.07, 6.45) is 0.495. The maximum absolute atomic E-state index is 12.5. The van der Waals surface area contributed by atoms with Gasteiger partial charge in [-0.05, 0) is 49.4 Å². The van der Waals surface area contributed by atoms with E-state index in [0.29, 0.717) is 6.42 Å². The molecule has 1 aliphatic rings. The van der Waals surface area contributed by atoms with Crippen molar-refractivity contribution >= 4 is 19.9 Å². The minimum absolute atomic E-state index is 0.0413. The summed E-state index contributed by atoms with van der Waals surface area (Å²) in [4.78, 5) is 0.0824. The van der Waals surface area contributed by atoms with Gasteiger partial charge >= 0.3 is 0 Å². The number of methoxy groups -OCH3 is 1. The fraction of sp³-hybridized carbons (Fsp3) is 0.571. The summed E-state index contributed by atoms with van der Waals surface area (Å²) in [5.41, 5.74) is 1.79. The molecule has 0 radical (unpaired) electrons. The zero-order chi connectivity index (χ0) is 16.5. The third kappa shape index (κ3) is 3.80. The van der Waals surface area contributed by atoms with E-state index in [1.807, 2.05) is 13.8 Å². The van der Waals surface area contributed by atoms with Crippen LogP contribution >= 0.6 is 0 Å². The molecule has 1 saturated heterocycles. The molecule has 8 heteroatoms. The second-order valence-corrected chi connectivity index (χ2v) is 9.67. The van der Waals surface area contributed by atoms with Crippen LogP contribution in [0, 0.1) is 19.8 Å². The average molecular weight is 347 g/mol. The Kier molecular flexibility index (Phi) is 4.84. The molecule has 124 valence electrons. The molecule has 1 atom stereocenters. The Morgan fingerprint density at radius 2 is 1.91 bits per heavy atom. The molecule has 2 rings (SSSR count). The molecule has 0 saturated carbocycles. The predicted octanol–water partition coefficient (Wildman–Crippen LogP) is 1.03. The average Bonchev–Trinajstić information content (AvgIpc) is 2.78. The standard InChI is InChI=1S/C14H21NO5S2/c1-10-6-13(20-3)14(7-11(10)2)22(18,19)15-8-12-4-5-21(16,17)9-12/h6-7,12,15H,4-5,8-9H2,1-3H3. The zero-order valence-electron chi connectivity index (χ0n) is 12.9. The molecule has 6 nitrogen and oxygen atoms in total. The van der Waals surface area contributed by atoms with E-state index in [1.165, 1.54) is 7.11 Å². The number of nitrogens with one attached hydrogen (secondary N) is 1. The summed E-state index contributed by atoms with van der Waals surface area (Å²) in [6.45, 7) is 3.83. The van der Waals surface area contributed by atoms with Gasteiger partial charge in [0.05, 0.1) is 18.6 Å². The molecule has 1 unspecified atom stereocenters. The Morgan fingerprint density at radius 3 is 2.45 bits per heavy atom. The van der Waals surface area contributed by atoms with Crippen LogP contribution in [-0.4, -0.2) is 42.0 Å². The molecule has 0 aliphatic carbocycles. The molecular formula is C14H21NO5S2. The highest BCUT2D eigenvalue weighted by atomic mass is 32.2. The minimum atomic E-state index is -3.74. The largest absolute Gasteiger partial charge is 0.495 e. The van der Waals surface area contributed by atoms with E-state index >= 15 is 0 Å². The molecule has 0 aromatic heterocycles. The first-order valence-electron chi connectivity index (χ1n) is 7.00. The predicted molar refractivity (Wildman–Crippen MR) is 84.4 cm³/mol. The lowest BCUT2D eigenvalue weighted by atomic mass is 10.1. The number of aryl methyl sites for hydroxylation is 2. The normalized spacial score (nSPS) is 21.0. The highest BCUT2D eigenvalue weighted by Gasteiger charge is 2.29. The molecule has 1 aliphatic heterocycles. The molecule has 0 bridgehead atoms. The first kappa shape index (κ1) is 17.2. The first-order chi connectivity index (χ1) is 10.1. The SMILES string of the molecule is COc1cc(C)c(C)cc1S(=O)(=O)NCC1CCS(=O)(=O)C1. The van der Waals surface area contributed by atoms with Crippen LogP contribution in [0.5, 0.6) is 5.75 Å². The molecule has 1 fully saturated rings. The van der Waals surface area contributed by atoms with Gasteiger partial charge in [-0.25, -0.2) is 21.6 Å². The van der Waals surface area contributed by atoms with Crippen molar-refractivity contribution in [3.05, 3.63) is 23.3 Å². The molecule has 22 heavy (non-hydrogen) atoms. The number of rotatable bonds is 5. The molecule has 1 heterocycles. The first-order valence-corrected chi connectivity index (χ1v) is 10.3. The van der Waals surface area contributed by atoms with Crippen molar-refractivity contribution in [3.8, 4) is 5.75 Å². The van der Waals surface area contributed by atoms with Crippen LogP contribution in [0.2, 0.25) is 0 Å². The van der Waals surface area contributed by atoms with Gasteiger partial charge in [-0.3, -0.25) is 0 Å². The van der Waals surface area contributed by atoms with Crippen LogP contribution in [0.25, 0.3) is 0 Å². The van der Waals surface area contributed by atoms with Crippen molar-refractivity contribution < 1.29 is 21.6 Å². The molecule has 0 amide bonds. The van der Waals surface area contributed by atoms with E-state index in [2.05, 4.69) is 4.72 Å². The maximum atomic E-state index is 12.5. The van der Waals surface area contributed by atoms with Crippen molar-refractivity contribution in [1.29, 1.82) is 0 Å². The Balaban J connectivity index is 2.19. The number of ether oxygens (including phenoxy) is 1. The maximum Gasteiger partial charge on any atom is 0.244 e. The van der Waals surface area contributed by atoms with E-state index < -0.39 is 19.9 Å². The van der Waals surface area contributed by atoms with E-state index in [-0.39, 0.29) is 34.6 Å². The Labute approximate surface area is 131 Å². The fourth-order valence-electron chi connectivity index (χ4n) is 2.47. The lowest BCUT2D eigenvalue weighted by molar-refractivity contribution is 0.401. The number of sulfone groups is 1. The lowest BCUT2D eigenvalue weighted by Gasteiger charge is -2.14. The van der Waals surface area contributed by atoms with Crippen LogP contribution < -0.4 is 9.46 Å². The topological polar surface area (TPSA) is 89.5 Å². The van der Waals surface area contributed by atoms with Gasteiger partial charge in [0.25, 0.3) is 0 Å². The highest BCUT2D eigenvalue weighted by Crippen LogP contribution is 2.27. The summed E-state index contributed by atoms with van der Waals surface area (Å²) in [7, 11) is -5.33. The number of sulfonamides is 1. The van der Waals surface area contributed by atoms with Gasteiger partial charge in [-0.1, -0.05) is 0 Å². The highest BCUT2D eigenvalue weighted by molar-refractivity contribution is 7.91. The Morgan fingerprint density at radius 1 is 1.27 bits per heavy atom. The van der Waals surface area contributed by atoms with Gasteiger partial charge in [-0.2, -0.15) is 0 Å². The third-order valence-corrected chi connectivity index (χ3v) is 7.24. The Bertz CT molecular complexity index is 769. The molecule has 1 aromatic carbocycles. The van der Waals surface area contributed by atoms with Crippen LogP contribution in [0.3, 0.4) is 0 Å². The van der Waals surface area contributed by atoms with Gasteiger partial charge in [0.1, 0.15) is 10.6 Å². The van der Waals surface area contributed by atoms with Gasteiger partial charge in [-0.15, -0.1) is 0 Å². The molecular weight excluding hydrogens is 326 g/mol. The fourth-order valence-corrected chi connectivity index (χ4v) is 5.68. The van der Waals surface area contributed by atoms with Crippen LogP contribution in [-0.2, 0) is 19.9 Å². The van der Waals surface area contributed by atoms with Gasteiger partial charge < -0.3 is 4.74 Å². The lowest BCUT2D eigenvalue weighted by Crippen LogP contribution is -2.30. The summed E-state index contributed by atoms with van der Waals surface area (Å²) in [5, 5.41) is 0. The van der Waals surface area contributed by atoms with E-state index in [9.17, 15) is 16.8 Å². The van der Waals surface area contributed by atoms with Crippen molar-refractivity contribution in [2.24, 2.45) is 5.92 Å². The quantitative estimate of drug-likeness (QED) is 0.859. The smallest absolute Gasteiger partial charge is 0.244 e. The Hall–Kier alpha value is -1.12. The summed E-state index contributed by atoms with van der Waals surface area (Å²) < 4.78 is 55.4. The summed E-state index contributed by atoms with van der Waals surface area (Å²) >= 11 is 0. The van der Waals surface area contributed by atoms with Crippen LogP contribution in [0.15, 0.2) is 17.0 Å². The number of hydrogen-bond acceptors (Lipinski definition) is 5. The molecule has 1 N–H and O–H groups in total. The van der Waals surface area contributed by atoms with Gasteiger partial charge in [0.2, 0.25) is 10.0 Å². The summed E-state index contributed by atoms with van der Waals surface area (Å²) in [5.74, 6) is 0.290. The van der Waals surface area contributed by atoms with Gasteiger partial charge in [0, 0.05) is 6.54 Å². The van der Waals surface area contributed by atoms with Crippen molar-refractivity contribution in [3.63, 3.8) is 0 Å². The van der Waals surface area contributed by atoms with Gasteiger partial charge in [0.15, 0.2) is 9.84 Å². The zero-order valence-corrected chi connectivity index (χ0v) is 14.6. The van der Waals surface area contributed by atoms with E-state index in [1.54, 1.807) is 12.1 Å². The van der Waals surface area contributed by atoms with Crippen LogP contribution in [0.1, 0.15) is 17.5 Å². The van der Waals surface area contributed by atoms with Crippen molar-refractivity contribution in [2.45, 2.75) is 25.2 Å². The van der Waals surface area contributed by atoms with Crippen molar-refractivity contribution in [1.82, 2.24) is 4.72 Å². The van der Waals surface area contributed by atoms with E-state index in [0.717, 1.165) is 11.1 Å². The molecule has 1 aromatic rings. The second kappa shape index (κ2) is 6.17. The summed E-state index contributed by atoms with van der Waals surface area (Å²) in [6, 6.07) is 3.26. The monoisotopic (exact) mass is 347 g/mol.